The number of benzene rings is 1. The lowest BCUT2D eigenvalue weighted by atomic mass is 10.2. The van der Waals surface area contributed by atoms with Crippen LogP contribution in [-0.2, 0) is 4.74 Å². The lowest BCUT2D eigenvalue weighted by Gasteiger charge is -2.01. The van der Waals surface area contributed by atoms with E-state index in [2.05, 4.69) is 9.97 Å². The van der Waals surface area contributed by atoms with Crippen molar-refractivity contribution >= 4 is 16.8 Å². The van der Waals surface area contributed by atoms with E-state index in [1.165, 1.54) is 6.20 Å². The monoisotopic (exact) mass is 230 g/mol. The number of para-hydroxylation sites is 2. The standard InChI is InChI=1S/C13H14N2O2/c1-17-8-4-7-13(16)12-9-14-10-5-2-3-6-11(10)15-12/h2-3,5-6,9H,4,7-8H2,1H3. The molecular formula is C13H14N2O2. The van der Waals surface area contributed by atoms with Crippen molar-refractivity contribution in [2.45, 2.75) is 12.8 Å². The summed E-state index contributed by atoms with van der Waals surface area (Å²) in [5.41, 5.74) is 1.99. The van der Waals surface area contributed by atoms with Crippen molar-refractivity contribution in [3.8, 4) is 0 Å². The van der Waals surface area contributed by atoms with Crippen LogP contribution >= 0.6 is 0 Å². The Hall–Kier alpha value is -1.81. The molecule has 4 nitrogen and oxygen atoms in total. The Morgan fingerprint density at radius 1 is 1.29 bits per heavy atom. The summed E-state index contributed by atoms with van der Waals surface area (Å²) in [6.45, 7) is 0.590. The third kappa shape index (κ3) is 2.85. The molecule has 4 heteroatoms. The highest BCUT2D eigenvalue weighted by Gasteiger charge is 2.08. The number of ketones is 1. The zero-order valence-corrected chi connectivity index (χ0v) is 9.72. The van der Waals surface area contributed by atoms with E-state index in [0.717, 1.165) is 11.0 Å². The summed E-state index contributed by atoms with van der Waals surface area (Å²) in [5, 5.41) is 0. The van der Waals surface area contributed by atoms with E-state index in [4.69, 9.17) is 4.74 Å². The van der Waals surface area contributed by atoms with Crippen LogP contribution in [0.2, 0.25) is 0 Å². The smallest absolute Gasteiger partial charge is 0.182 e. The van der Waals surface area contributed by atoms with E-state index in [1.807, 2.05) is 24.3 Å². The second kappa shape index (κ2) is 5.50. The number of methoxy groups -OCH3 is 1. The van der Waals surface area contributed by atoms with Gasteiger partial charge in [0.1, 0.15) is 5.69 Å². The Morgan fingerprint density at radius 2 is 2.06 bits per heavy atom. The van der Waals surface area contributed by atoms with Crippen molar-refractivity contribution in [3.63, 3.8) is 0 Å². The first-order valence-corrected chi connectivity index (χ1v) is 5.55. The largest absolute Gasteiger partial charge is 0.385 e. The summed E-state index contributed by atoms with van der Waals surface area (Å²) in [5.74, 6) is 0.0142. The fraction of sp³-hybridized carbons (Fsp3) is 0.308. The molecule has 88 valence electrons. The van der Waals surface area contributed by atoms with Crippen molar-refractivity contribution in [3.05, 3.63) is 36.2 Å². The predicted molar refractivity (Wildman–Crippen MR) is 65.0 cm³/mol. The van der Waals surface area contributed by atoms with Crippen molar-refractivity contribution in [2.24, 2.45) is 0 Å². The molecule has 0 N–H and O–H groups in total. The first-order valence-electron chi connectivity index (χ1n) is 5.55. The van der Waals surface area contributed by atoms with Gasteiger partial charge in [-0.1, -0.05) is 12.1 Å². The normalized spacial score (nSPS) is 10.6. The molecule has 0 aliphatic rings. The van der Waals surface area contributed by atoms with E-state index in [-0.39, 0.29) is 5.78 Å². The molecule has 0 amide bonds. The minimum absolute atomic E-state index is 0.0142. The molecule has 1 aromatic carbocycles. The SMILES string of the molecule is COCCCC(=O)c1cnc2ccccc2n1. The van der Waals surface area contributed by atoms with Gasteiger partial charge >= 0.3 is 0 Å². The molecule has 0 radical (unpaired) electrons. The molecule has 2 rings (SSSR count). The van der Waals surface area contributed by atoms with Crippen LogP contribution in [0, 0.1) is 0 Å². The highest BCUT2D eigenvalue weighted by molar-refractivity contribution is 5.95. The number of nitrogens with zero attached hydrogens (tertiary/aromatic N) is 2. The number of carbonyl (C=O) groups excluding carboxylic acids is 1. The molecule has 0 aliphatic carbocycles. The van der Waals surface area contributed by atoms with Gasteiger partial charge < -0.3 is 4.74 Å². The van der Waals surface area contributed by atoms with Gasteiger partial charge in [0.05, 0.1) is 17.2 Å². The predicted octanol–water partition coefficient (Wildman–Crippen LogP) is 2.24. The van der Waals surface area contributed by atoms with Crippen molar-refractivity contribution in [2.75, 3.05) is 13.7 Å². The minimum Gasteiger partial charge on any atom is -0.385 e. The Morgan fingerprint density at radius 3 is 2.82 bits per heavy atom. The molecule has 0 atom stereocenters. The maximum atomic E-state index is 11.8. The molecule has 0 spiro atoms. The number of hydrogen-bond donors (Lipinski definition) is 0. The van der Waals surface area contributed by atoms with Gasteiger partial charge in [-0.15, -0.1) is 0 Å². The number of Topliss-reactive ketones (excluding diaryl/α,β-unsaturated/α-hetero) is 1. The van der Waals surface area contributed by atoms with E-state index < -0.39 is 0 Å². The van der Waals surface area contributed by atoms with Gasteiger partial charge in [0.25, 0.3) is 0 Å². The van der Waals surface area contributed by atoms with Crippen LogP contribution < -0.4 is 0 Å². The zero-order valence-electron chi connectivity index (χ0n) is 9.72. The second-order valence-electron chi connectivity index (χ2n) is 3.76. The van der Waals surface area contributed by atoms with Crippen molar-refractivity contribution in [1.29, 1.82) is 0 Å². The van der Waals surface area contributed by atoms with E-state index in [9.17, 15) is 4.79 Å². The van der Waals surface area contributed by atoms with Crippen LogP contribution in [0.4, 0.5) is 0 Å². The van der Waals surface area contributed by atoms with Gasteiger partial charge in [0.2, 0.25) is 0 Å². The summed E-state index contributed by atoms with van der Waals surface area (Å²) < 4.78 is 4.91. The number of carbonyl (C=O) groups is 1. The Kier molecular flexibility index (Phi) is 3.77. The van der Waals surface area contributed by atoms with Crippen LogP contribution in [0.15, 0.2) is 30.5 Å². The maximum Gasteiger partial charge on any atom is 0.182 e. The van der Waals surface area contributed by atoms with Crippen LogP contribution in [0.3, 0.4) is 0 Å². The van der Waals surface area contributed by atoms with Gasteiger partial charge in [-0.05, 0) is 18.6 Å². The molecule has 2 aromatic rings. The van der Waals surface area contributed by atoms with Crippen LogP contribution in [-0.4, -0.2) is 29.5 Å². The van der Waals surface area contributed by atoms with Crippen molar-refractivity contribution < 1.29 is 9.53 Å². The molecule has 0 unspecified atom stereocenters. The number of ether oxygens (including phenoxy) is 1. The molecule has 0 fully saturated rings. The van der Waals surface area contributed by atoms with Gasteiger partial charge in [0.15, 0.2) is 5.78 Å². The average Bonchev–Trinajstić information content (AvgIpc) is 2.38. The summed E-state index contributed by atoms with van der Waals surface area (Å²) in [7, 11) is 1.63. The number of aromatic nitrogens is 2. The Bertz CT molecular complexity index is 526. The third-order valence-electron chi connectivity index (χ3n) is 2.49. The van der Waals surface area contributed by atoms with Gasteiger partial charge in [-0.25, -0.2) is 4.98 Å². The molecule has 17 heavy (non-hydrogen) atoms. The fourth-order valence-electron chi connectivity index (χ4n) is 1.60. The highest BCUT2D eigenvalue weighted by Crippen LogP contribution is 2.10. The summed E-state index contributed by atoms with van der Waals surface area (Å²) >= 11 is 0. The van der Waals surface area contributed by atoms with Gasteiger partial charge in [-0.2, -0.15) is 0 Å². The quantitative estimate of drug-likeness (QED) is 0.584. The van der Waals surface area contributed by atoms with E-state index >= 15 is 0 Å². The molecule has 0 bridgehead atoms. The first kappa shape index (κ1) is 11.7. The van der Waals surface area contributed by atoms with Crippen LogP contribution in [0.1, 0.15) is 23.3 Å². The highest BCUT2D eigenvalue weighted by atomic mass is 16.5. The zero-order chi connectivity index (χ0) is 12.1. The molecule has 1 aromatic heterocycles. The molecule has 0 saturated carbocycles. The molecule has 1 heterocycles. The number of fused-ring (bicyclic) bond motifs is 1. The first-order chi connectivity index (χ1) is 8.31. The fourth-order valence-corrected chi connectivity index (χ4v) is 1.60. The Balaban J connectivity index is 2.15. The van der Waals surface area contributed by atoms with Crippen LogP contribution in [0.25, 0.3) is 11.0 Å². The maximum absolute atomic E-state index is 11.8. The summed E-state index contributed by atoms with van der Waals surface area (Å²) in [6.07, 6.45) is 2.70. The average molecular weight is 230 g/mol. The van der Waals surface area contributed by atoms with Gasteiger partial charge in [-0.3, -0.25) is 9.78 Å². The second-order valence-corrected chi connectivity index (χ2v) is 3.76. The van der Waals surface area contributed by atoms with E-state index in [0.29, 0.717) is 25.1 Å². The minimum atomic E-state index is 0.0142. The molecule has 0 aliphatic heterocycles. The molecule has 0 saturated heterocycles. The number of rotatable bonds is 5. The lowest BCUT2D eigenvalue weighted by Crippen LogP contribution is -2.04. The Labute approximate surface area is 99.7 Å². The summed E-state index contributed by atoms with van der Waals surface area (Å²) in [6, 6.07) is 7.52. The van der Waals surface area contributed by atoms with Crippen LogP contribution in [0.5, 0.6) is 0 Å². The van der Waals surface area contributed by atoms with Crippen molar-refractivity contribution in [1.82, 2.24) is 9.97 Å². The summed E-state index contributed by atoms with van der Waals surface area (Å²) in [4.78, 5) is 20.3. The molecular weight excluding hydrogens is 216 g/mol. The lowest BCUT2D eigenvalue weighted by molar-refractivity contribution is 0.0958. The third-order valence-corrected chi connectivity index (χ3v) is 2.49. The van der Waals surface area contributed by atoms with E-state index in [1.54, 1.807) is 7.11 Å². The number of hydrogen-bond acceptors (Lipinski definition) is 4. The van der Waals surface area contributed by atoms with Gasteiger partial charge in [0, 0.05) is 20.1 Å². The topological polar surface area (TPSA) is 52.1 Å².